The summed E-state index contributed by atoms with van der Waals surface area (Å²) in [5, 5.41) is 0.782. The zero-order chi connectivity index (χ0) is 13.8. The number of furan rings is 1. The molecule has 1 aromatic heterocycles. The van der Waals surface area contributed by atoms with E-state index >= 15 is 0 Å². The number of anilines is 1. The van der Waals surface area contributed by atoms with E-state index in [0.29, 0.717) is 24.5 Å². The second kappa shape index (κ2) is 5.75. The van der Waals surface area contributed by atoms with E-state index in [1.165, 1.54) is 0 Å². The zero-order valence-corrected chi connectivity index (χ0v) is 11.0. The minimum atomic E-state index is -0.498. The SMILES string of the molecule is CCOCC(C)OC(=O)c1cc2cc(N)ccc2o1. The Labute approximate surface area is 111 Å². The molecule has 0 aliphatic heterocycles. The topological polar surface area (TPSA) is 74.7 Å². The van der Waals surface area contributed by atoms with Crippen molar-refractivity contribution < 1.29 is 18.7 Å². The second-order valence-electron chi connectivity index (χ2n) is 4.28. The number of esters is 1. The monoisotopic (exact) mass is 263 g/mol. The van der Waals surface area contributed by atoms with E-state index in [0.717, 1.165) is 5.39 Å². The molecular weight excluding hydrogens is 246 g/mol. The van der Waals surface area contributed by atoms with Crippen LogP contribution in [0.15, 0.2) is 28.7 Å². The third-order valence-corrected chi connectivity index (χ3v) is 2.61. The van der Waals surface area contributed by atoms with Gasteiger partial charge in [-0.25, -0.2) is 4.79 Å². The van der Waals surface area contributed by atoms with Crippen LogP contribution in [0, 0.1) is 0 Å². The van der Waals surface area contributed by atoms with Gasteiger partial charge in [0.25, 0.3) is 0 Å². The summed E-state index contributed by atoms with van der Waals surface area (Å²) < 4.78 is 15.8. The molecule has 5 heteroatoms. The van der Waals surface area contributed by atoms with Crippen LogP contribution in [0.4, 0.5) is 5.69 Å². The smallest absolute Gasteiger partial charge is 0.374 e. The van der Waals surface area contributed by atoms with E-state index in [4.69, 9.17) is 19.6 Å². The molecule has 0 aliphatic rings. The molecule has 1 atom stereocenters. The van der Waals surface area contributed by atoms with Crippen molar-refractivity contribution in [3.63, 3.8) is 0 Å². The number of fused-ring (bicyclic) bond motifs is 1. The van der Waals surface area contributed by atoms with Crippen LogP contribution in [0.1, 0.15) is 24.4 Å². The molecule has 1 aromatic carbocycles. The Hall–Kier alpha value is -2.01. The van der Waals surface area contributed by atoms with Crippen LogP contribution in [0.25, 0.3) is 11.0 Å². The van der Waals surface area contributed by atoms with Crippen LogP contribution in [0.3, 0.4) is 0 Å². The molecule has 0 fully saturated rings. The van der Waals surface area contributed by atoms with Gasteiger partial charge in [-0.15, -0.1) is 0 Å². The van der Waals surface area contributed by atoms with Crippen LogP contribution >= 0.6 is 0 Å². The van der Waals surface area contributed by atoms with Gasteiger partial charge in [0.15, 0.2) is 0 Å². The first-order chi connectivity index (χ1) is 9.10. The molecule has 0 saturated carbocycles. The Morgan fingerprint density at radius 3 is 2.95 bits per heavy atom. The Balaban J connectivity index is 2.08. The number of nitrogen functional groups attached to an aromatic ring is 1. The lowest BCUT2D eigenvalue weighted by molar-refractivity contribution is 0.00195. The van der Waals surface area contributed by atoms with Crippen LogP contribution < -0.4 is 5.73 Å². The van der Waals surface area contributed by atoms with Gasteiger partial charge in [-0.05, 0) is 38.1 Å². The van der Waals surface area contributed by atoms with Gasteiger partial charge in [0.1, 0.15) is 11.7 Å². The predicted molar refractivity (Wildman–Crippen MR) is 72.0 cm³/mol. The van der Waals surface area contributed by atoms with Crippen LogP contribution in [0.2, 0.25) is 0 Å². The van der Waals surface area contributed by atoms with Gasteiger partial charge in [0.05, 0.1) is 6.61 Å². The number of hydrogen-bond donors (Lipinski definition) is 1. The molecule has 5 nitrogen and oxygen atoms in total. The fourth-order valence-electron chi connectivity index (χ4n) is 1.72. The van der Waals surface area contributed by atoms with Gasteiger partial charge in [-0.1, -0.05) is 0 Å². The Morgan fingerprint density at radius 1 is 1.42 bits per heavy atom. The summed E-state index contributed by atoms with van der Waals surface area (Å²) in [7, 11) is 0. The number of benzene rings is 1. The molecule has 102 valence electrons. The largest absolute Gasteiger partial charge is 0.454 e. The van der Waals surface area contributed by atoms with Gasteiger partial charge < -0.3 is 19.6 Å². The highest BCUT2D eigenvalue weighted by Gasteiger charge is 2.16. The van der Waals surface area contributed by atoms with E-state index in [-0.39, 0.29) is 11.9 Å². The number of ether oxygens (including phenoxy) is 2. The number of nitrogens with two attached hydrogens (primary N) is 1. The molecule has 1 heterocycles. The zero-order valence-electron chi connectivity index (χ0n) is 11.0. The van der Waals surface area contributed by atoms with Crippen molar-refractivity contribution in [1.82, 2.24) is 0 Å². The molecule has 0 amide bonds. The maximum Gasteiger partial charge on any atom is 0.374 e. The number of carbonyl (C=O) groups is 1. The summed E-state index contributed by atoms with van der Waals surface area (Å²) in [6.45, 7) is 4.62. The van der Waals surface area contributed by atoms with E-state index in [1.54, 1.807) is 31.2 Å². The third kappa shape index (κ3) is 3.26. The summed E-state index contributed by atoms with van der Waals surface area (Å²) in [6, 6.07) is 6.82. The Kier molecular flexibility index (Phi) is 4.06. The number of rotatable bonds is 5. The van der Waals surface area contributed by atoms with Crippen molar-refractivity contribution >= 4 is 22.6 Å². The molecule has 2 N–H and O–H groups in total. The highest BCUT2D eigenvalue weighted by molar-refractivity contribution is 5.93. The van der Waals surface area contributed by atoms with E-state index in [2.05, 4.69) is 0 Å². The van der Waals surface area contributed by atoms with Crippen molar-refractivity contribution in [3.05, 3.63) is 30.0 Å². The van der Waals surface area contributed by atoms with Crippen LogP contribution in [-0.2, 0) is 9.47 Å². The van der Waals surface area contributed by atoms with Crippen LogP contribution in [-0.4, -0.2) is 25.3 Å². The first-order valence-corrected chi connectivity index (χ1v) is 6.18. The molecule has 0 radical (unpaired) electrons. The maximum atomic E-state index is 11.9. The minimum absolute atomic E-state index is 0.170. The fourth-order valence-corrected chi connectivity index (χ4v) is 1.72. The maximum absolute atomic E-state index is 11.9. The van der Waals surface area contributed by atoms with Gasteiger partial charge in [0, 0.05) is 17.7 Å². The van der Waals surface area contributed by atoms with Crippen LogP contribution in [0.5, 0.6) is 0 Å². The lowest BCUT2D eigenvalue weighted by Gasteiger charge is -2.11. The first kappa shape index (κ1) is 13.4. The van der Waals surface area contributed by atoms with Crippen molar-refractivity contribution in [1.29, 1.82) is 0 Å². The molecular formula is C14H17NO4. The lowest BCUT2D eigenvalue weighted by Crippen LogP contribution is -2.20. The van der Waals surface area contributed by atoms with Crippen molar-refractivity contribution in [2.75, 3.05) is 18.9 Å². The molecule has 0 bridgehead atoms. The highest BCUT2D eigenvalue weighted by Crippen LogP contribution is 2.22. The Bertz CT molecular complexity index is 576. The fraction of sp³-hybridized carbons (Fsp3) is 0.357. The van der Waals surface area contributed by atoms with Gasteiger partial charge in [-0.2, -0.15) is 0 Å². The van der Waals surface area contributed by atoms with Gasteiger partial charge >= 0.3 is 5.97 Å². The average Bonchev–Trinajstić information content (AvgIpc) is 2.79. The number of carbonyl (C=O) groups excluding carboxylic acids is 1. The standard InChI is InChI=1S/C14H17NO4/c1-3-17-8-9(2)18-14(16)13-7-10-6-11(15)4-5-12(10)19-13/h4-7,9H,3,8,15H2,1-2H3. The van der Waals surface area contributed by atoms with Crippen molar-refractivity contribution in [3.8, 4) is 0 Å². The third-order valence-electron chi connectivity index (χ3n) is 2.61. The second-order valence-corrected chi connectivity index (χ2v) is 4.28. The quantitative estimate of drug-likeness (QED) is 0.663. The molecule has 2 rings (SSSR count). The molecule has 0 saturated heterocycles. The number of hydrogen-bond acceptors (Lipinski definition) is 5. The molecule has 0 spiro atoms. The molecule has 2 aromatic rings. The summed E-state index contributed by atoms with van der Waals surface area (Å²) in [6.07, 6.45) is -0.314. The Morgan fingerprint density at radius 2 is 2.21 bits per heavy atom. The summed E-state index contributed by atoms with van der Waals surface area (Å²) in [5.74, 6) is -0.328. The minimum Gasteiger partial charge on any atom is -0.454 e. The summed E-state index contributed by atoms with van der Waals surface area (Å²) in [5.41, 5.74) is 6.90. The molecule has 19 heavy (non-hydrogen) atoms. The summed E-state index contributed by atoms with van der Waals surface area (Å²) >= 11 is 0. The predicted octanol–water partition coefficient (Wildman–Crippen LogP) is 2.60. The van der Waals surface area contributed by atoms with E-state index < -0.39 is 5.97 Å². The van der Waals surface area contributed by atoms with Gasteiger partial charge in [0.2, 0.25) is 5.76 Å². The average molecular weight is 263 g/mol. The highest BCUT2D eigenvalue weighted by atomic mass is 16.6. The first-order valence-electron chi connectivity index (χ1n) is 6.18. The van der Waals surface area contributed by atoms with E-state index in [9.17, 15) is 4.79 Å². The normalized spacial score (nSPS) is 12.5. The van der Waals surface area contributed by atoms with E-state index in [1.807, 2.05) is 6.92 Å². The van der Waals surface area contributed by atoms with Crippen molar-refractivity contribution in [2.24, 2.45) is 0 Å². The molecule has 0 aliphatic carbocycles. The lowest BCUT2D eigenvalue weighted by atomic mass is 10.2. The van der Waals surface area contributed by atoms with Crippen molar-refractivity contribution in [2.45, 2.75) is 20.0 Å². The summed E-state index contributed by atoms with van der Waals surface area (Å²) in [4.78, 5) is 11.9. The van der Waals surface area contributed by atoms with Gasteiger partial charge in [-0.3, -0.25) is 0 Å². The molecule has 1 unspecified atom stereocenters.